The van der Waals surface area contributed by atoms with Crippen LogP contribution in [0.5, 0.6) is 0 Å². The number of para-hydroxylation sites is 1. The number of hydrogen-bond donors (Lipinski definition) is 1. The number of piperazine rings is 1. The second-order valence-corrected chi connectivity index (χ2v) is 8.89. The molecule has 0 saturated carbocycles. The fourth-order valence-corrected chi connectivity index (χ4v) is 4.78. The molecule has 0 aromatic heterocycles. The lowest BCUT2D eigenvalue weighted by atomic mass is 10.1. The van der Waals surface area contributed by atoms with Gasteiger partial charge in [0.2, 0.25) is 0 Å². The number of carbonyl (C=O) groups excluding carboxylic acids is 2. The fourth-order valence-electron chi connectivity index (χ4n) is 3.89. The number of rotatable bonds is 6. The Hall–Kier alpha value is -3.72. The predicted octanol–water partition coefficient (Wildman–Crippen LogP) is 4.79. The van der Waals surface area contributed by atoms with Crippen molar-refractivity contribution >= 4 is 41.0 Å². The van der Waals surface area contributed by atoms with Crippen molar-refractivity contribution in [2.45, 2.75) is 13.8 Å². The van der Waals surface area contributed by atoms with Gasteiger partial charge in [0.1, 0.15) is 11.4 Å². The van der Waals surface area contributed by atoms with E-state index in [0.717, 1.165) is 16.9 Å². The van der Waals surface area contributed by atoms with Crippen molar-refractivity contribution in [3.05, 3.63) is 82.2 Å². The van der Waals surface area contributed by atoms with Crippen LogP contribution in [0, 0.1) is 0 Å². The van der Waals surface area contributed by atoms with Crippen molar-refractivity contribution < 1.29 is 19.1 Å². The maximum atomic E-state index is 13.4. The Morgan fingerprint density at radius 1 is 0.917 bits per heavy atom. The summed E-state index contributed by atoms with van der Waals surface area (Å²) in [4.78, 5) is 34.3. The summed E-state index contributed by atoms with van der Waals surface area (Å²) in [6.45, 7) is 6.10. The Balaban J connectivity index is 1.74. The molecular formula is C27H30N4O4S. The van der Waals surface area contributed by atoms with Gasteiger partial charge in [-0.15, -0.1) is 0 Å². The van der Waals surface area contributed by atoms with Crippen molar-refractivity contribution in [1.29, 1.82) is 0 Å². The zero-order valence-corrected chi connectivity index (χ0v) is 21.3. The van der Waals surface area contributed by atoms with Crippen molar-refractivity contribution in [2.75, 3.05) is 44.7 Å². The molecule has 2 aromatic carbocycles. The smallest absolute Gasteiger partial charge is 0.409 e. The first kappa shape index (κ1) is 25.4. The molecule has 36 heavy (non-hydrogen) atoms. The van der Waals surface area contributed by atoms with Gasteiger partial charge in [0.05, 0.1) is 23.9 Å². The molecule has 2 heterocycles. The lowest BCUT2D eigenvalue weighted by Crippen LogP contribution is -2.51. The minimum absolute atomic E-state index is 0.245. The summed E-state index contributed by atoms with van der Waals surface area (Å²) in [5, 5.41) is 5.98. The van der Waals surface area contributed by atoms with Crippen LogP contribution in [0.15, 0.2) is 81.7 Å². The Labute approximate surface area is 215 Å². The summed E-state index contributed by atoms with van der Waals surface area (Å²) in [5.41, 5.74) is 2.91. The third kappa shape index (κ3) is 6.09. The molecule has 9 heteroatoms. The summed E-state index contributed by atoms with van der Waals surface area (Å²) in [6.07, 6.45) is -0.326. The number of esters is 1. The lowest BCUT2D eigenvalue weighted by Gasteiger charge is -2.36. The van der Waals surface area contributed by atoms with Crippen molar-refractivity contribution in [2.24, 2.45) is 4.99 Å². The average molecular weight is 507 g/mol. The monoisotopic (exact) mass is 506 g/mol. The highest BCUT2D eigenvalue weighted by atomic mass is 32.2. The van der Waals surface area contributed by atoms with Gasteiger partial charge < -0.3 is 24.6 Å². The summed E-state index contributed by atoms with van der Waals surface area (Å²) < 4.78 is 10.7. The van der Waals surface area contributed by atoms with Gasteiger partial charge in [-0.1, -0.05) is 60.3 Å². The average Bonchev–Trinajstić information content (AvgIpc) is 3.10. The van der Waals surface area contributed by atoms with Crippen LogP contribution in [0.1, 0.15) is 19.4 Å². The van der Waals surface area contributed by atoms with Crippen molar-refractivity contribution in [3.8, 4) is 0 Å². The summed E-state index contributed by atoms with van der Waals surface area (Å²) in [7, 11) is 0. The minimum Gasteiger partial charge on any atom is -0.462 e. The fraction of sp³-hybridized carbons (Fsp3) is 0.296. The Kier molecular flexibility index (Phi) is 8.67. The third-order valence-corrected chi connectivity index (χ3v) is 6.53. The molecule has 1 amide bonds. The van der Waals surface area contributed by atoms with E-state index in [1.165, 1.54) is 11.8 Å². The van der Waals surface area contributed by atoms with Crippen LogP contribution in [0.2, 0.25) is 0 Å². The molecule has 2 aliphatic heterocycles. The van der Waals surface area contributed by atoms with Gasteiger partial charge in [-0.2, -0.15) is 0 Å². The minimum atomic E-state index is -0.447. The molecule has 1 N–H and O–H groups in total. The Morgan fingerprint density at radius 3 is 2.19 bits per heavy atom. The van der Waals surface area contributed by atoms with Gasteiger partial charge in [-0.05, 0) is 26.0 Å². The molecule has 4 rings (SSSR count). The highest BCUT2D eigenvalue weighted by molar-refractivity contribution is 8.06. The highest BCUT2D eigenvalue weighted by Crippen LogP contribution is 2.34. The zero-order valence-electron chi connectivity index (χ0n) is 20.5. The molecule has 8 nitrogen and oxygen atoms in total. The molecule has 0 bridgehead atoms. The first-order valence-electron chi connectivity index (χ1n) is 12.0. The maximum Gasteiger partial charge on any atom is 0.409 e. The van der Waals surface area contributed by atoms with Gasteiger partial charge in [0.15, 0.2) is 0 Å². The molecule has 1 saturated heterocycles. The predicted molar refractivity (Wildman–Crippen MR) is 143 cm³/mol. The van der Waals surface area contributed by atoms with E-state index >= 15 is 0 Å². The second-order valence-electron chi connectivity index (χ2n) is 8.01. The number of benzene rings is 2. The molecule has 1 fully saturated rings. The van der Waals surface area contributed by atoms with E-state index in [-0.39, 0.29) is 12.7 Å². The van der Waals surface area contributed by atoms with Crippen LogP contribution >= 0.6 is 11.8 Å². The summed E-state index contributed by atoms with van der Waals surface area (Å²) >= 11 is 1.40. The van der Waals surface area contributed by atoms with Gasteiger partial charge in [0, 0.05) is 42.8 Å². The normalized spacial score (nSPS) is 16.1. The summed E-state index contributed by atoms with van der Waals surface area (Å²) in [6, 6.07) is 19.6. The van der Waals surface area contributed by atoms with E-state index in [1.54, 1.807) is 18.7 Å². The van der Waals surface area contributed by atoms with E-state index in [1.807, 2.05) is 71.0 Å². The van der Waals surface area contributed by atoms with Crippen molar-refractivity contribution in [1.82, 2.24) is 9.80 Å². The highest BCUT2D eigenvalue weighted by Gasteiger charge is 2.32. The van der Waals surface area contributed by atoms with E-state index in [2.05, 4.69) is 5.32 Å². The summed E-state index contributed by atoms with van der Waals surface area (Å²) in [5.74, 6) is 0.0770. The molecule has 0 aliphatic carbocycles. The molecule has 0 radical (unpaired) electrons. The number of thioether (sulfide) groups is 1. The van der Waals surface area contributed by atoms with Crippen molar-refractivity contribution in [3.63, 3.8) is 0 Å². The van der Waals surface area contributed by atoms with Gasteiger partial charge in [-0.3, -0.25) is 0 Å². The molecule has 0 unspecified atom stereocenters. The second kappa shape index (κ2) is 12.3. The number of amides is 1. The van der Waals surface area contributed by atoms with Crippen LogP contribution < -0.4 is 5.32 Å². The molecular weight excluding hydrogens is 476 g/mol. The van der Waals surface area contributed by atoms with Crippen LogP contribution in [-0.2, 0) is 14.3 Å². The number of ether oxygens (including phenoxy) is 2. The van der Waals surface area contributed by atoms with Crippen LogP contribution in [0.3, 0.4) is 0 Å². The van der Waals surface area contributed by atoms with E-state index in [0.29, 0.717) is 49.2 Å². The van der Waals surface area contributed by atoms with Gasteiger partial charge in [0.25, 0.3) is 0 Å². The number of aliphatic imine (C=N–C) groups is 1. The number of amidine groups is 1. The van der Waals surface area contributed by atoms with Gasteiger partial charge >= 0.3 is 12.1 Å². The van der Waals surface area contributed by atoms with Crippen LogP contribution in [-0.4, -0.2) is 67.1 Å². The van der Waals surface area contributed by atoms with E-state index < -0.39 is 5.97 Å². The third-order valence-electron chi connectivity index (χ3n) is 5.65. The Morgan fingerprint density at radius 2 is 1.56 bits per heavy atom. The number of carbonyl (C=O) groups is 2. The number of nitrogens with one attached hydrogen (secondary N) is 1. The van der Waals surface area contributed by atoms with Crippen LogP contribution in [0.25, 0.3) is 5.70 Å². The van der Waals surface area contributed by atoms with E-state index in [4.69, 9.17) is 14.5 Å². The SMILES string of the molecule is CCOC(=O)C1=C(Nc2ccccc2)SC=C(c2ccccc2)N=C1N1CCN(C(=O)OCC)CC1. The molecule has 2 aliphatic rings. The maximum absolute atomic E-state index is 13.4. The molecule has 0 spiro atoms. The Bertz CT molecular complexity index is 1160. The molecule has 0 atom stereocenters. The first-order chi connectivity index (χ1) is 17.6. The molecule has 2 aromatic rings. The zero-order chi connectivity index (χ0) is 25.3. The standard InChI is InChI=1S/C27H30N4O4S/c1-3-34-26(32)23-24(30-15-17-31(18-16-30)27(33)35-4-2)29-22(20-11-7-5-8-12-20)19-36-25(23)28-21-13-9-6-10-14-21/h5-14,19,28H,3-4,15-18H2,1-2H3. The number of nitrogens with zero attached hydrogens (tertiary/aromatic N) is 3. The quantitative estimate of drug-likeness (QED) is 0.564. The topological polar surface area (TPSA) is 83.5 Å². The number of hydrogen-bond acceptors (Lipinski definition) is 8. The van der Waals surface area contributed by atoms with Gasteiger partial charge in [-0.25, -0.2) is 14.6 Å². The van der Waals surface area contributed by atoms with E-state index in [9.17, 15) is 9.59 Å². The number of anilines is 1. The largest absolute Gasteiger partial charge is 0.462 e. The first-order valence-corrected chi connectivity index (χ1v) is 12.9. The lowest BCUT2D eigenvalue weighted by molar-refractivity contribution is -0.138. The molecule has 188 valence electrons. The van der Waals surface area contributed by atoms with Crippen LogP contribution in [0.4, 0.5) is 10.5 Å².